The van der Waals surface area contributed by atoms with E-state index in [0.717, 1.165) is 37.7 Å². The first-order valence-electron chi connectivity index (χ1n) is 8.14. The molecule has 0 saturated heterocycles. The fourth-order valence-electron chi connectivity index (χ4n) is 3.64. The lowest BCUT2D eigenvalue weighted by Gasteiger charge is -2.32. The van der Waals surface area contributed by atoms with E-state index < -0.39 is 16.9 Å². The van der Waals surface area contributed by atoms with Crippen LogP contribution < -0.4 is 0 Å². The van der Waals surface area contributed by atoms with Gasteiger partial charge >= 0.3 is 0 Å². The second-order valence-corrected chi connectivity index (χ2v) is 6.79. The topological polar surface area (TPSA) is 17.1 Å². The van der Waals surface area contributed by atoms with Crippen LogP contribution in [0.15, 0.2) is 18.2 Å². The smallest absolute Gasteiger partial charge is 0.225 e. The van der Waals surface area contributed by atoms with Crippen molar-refractivity contribution < 1.29 is 13.6 Å². The van der Waals surface area contributed by atoms with Crippen molar-refractivity contribution in [3.8, 4) is 0 Å². The molecule has 122 valence electrons. The van der Waals surface area contributed by atoms with Gasteiger partial charge in [0, 0.05) is 12.0 Å². The van der Waals surface area contributed by atoms with Crippen LogP contribution in [0.3, 0.4) is 0 Å². The summed E-state index contributed by atoms with van der Waals surface area (Å²) in [4.78, 5) is 11.8. The Morgan fingerprint density at radius 1 is 1.27 bits per heavy atom. The van der Waals surface area contributed by atoms with Gasteiger partial charge in [-0.3, -0.25) is 4.79 Å². The van der Waals surface area contributed by atoms with Crippen molar-refractivity contribution in [2.24, 2.45) is 17.8 Å². The van der Waals surface area contributed by atoms with E-state index in [1.165, 1.54) is 25.0 Å². The average molecular weight is 329 g/mol. The van der Waals surface area contributed by atoms with Crippen molar-refractivity contribution in [2.75, 3.05) is 0 Å². The monoisotopic (exact) mass is 328 g/mol. The third-order valence-corrected chi connectivity index (χ3v) is 5.18. The summed E-state index contributed by atoms with van der Waals surface area (Å²) in [6.07, 6.45) is 6.85. The first-order valence-corrected chi connectivity index (χ1v) is 8.52. The lowest BCUT2D eigenvalue weighted by atomic mass is 9.73. The molecule has 1 aliphatic carbocycles. The quantitative estimate of drug-likeness (QED) is 0.630. The van der Waals surface area contributed by atoms with Crippen LogP contribution in [-0.2, 0) is 11.2 Å². The molecule has 0 aromatic heterocycles. The molecule has 2 rings (SSSR count). The molecule has 1 unspecified atom stereocenters. The van der Waals surface area contributed by atoms with E-state index in [2.05, 4.69) is 6.92 Å². The molecule has 1 saturated carbocycles. The minimum Gasteiger partial charge on any atom is -0.281 e. The van der Waals surface area contributed by atoms with Crippen LogP contribution in [0, 0.1) is 29.4 Å². The maximum atomic E-state index is 13.8. The lowest BCUT2D eigenvalue weighted by molar-refractivity contribution is -0.117. The van der Waals surface area contributed by atoms with Crippen molar-refractivity contribution in [3.05, 3.63) is 35.4 Å². The molecule has 22 heavy (non-hydrogen) atoms. The molecular weight excluding hydrogens is 306 g/mol. The summed E-state index contributed by atoms with van der Waals surface area (Å²) in [5, 5.41) is -0.400. The Morgan fingerprint density at radius 2 is 1.95 bits per heavy atom. The Hall–Kier alpha value is -0.960. The molecule has 4 heteroatoms. The molecular formula is C18H23ClF2O. The van der Waals surface area contributed by atoms with Gasteiger partial charge in [0.2, 0.25) is 5.24 Å². The van der Waals surface area contributed by atoms with Crippen LogP contribution in [-0.4, -0.2) is 5.24 Å². The predicted molar refractivity (Wildman–Crippen MR) is 84.8 cm³/mol. The lowest BCUT2D eigenvalue weighted by Crippen LogP contribution is -2.27. The largest absolute Gasteiger partial charge is 0.281 e. The van der Waals surface area contributed by atoms with Crippen LogP contribution in [0.25, 0.3) is 0 Å². The summed E-state index contributed by atoms with van der Waals surface area (Å²) in [6, 6.07) is 3.51. The molecule has 0 amide bonds. The van der Waals surface area contributed by atoms with Gasteiger partial charge in [-0.25, -0.2) is 8.78 Å². The summed E-state index contributed by atoms with van der Waals surface area (Å²) in [5.74, 6) is -0.612. The van der Waals surface area contributed by atoms with Gasteiger partial charge in [-0.2, -0.15) is 0 Å². The molecule has 0 aliphatic heterocycles. The van der Waals surface area contributed by atoms with Crippen LogP contribution >= 0.6 is 11.6 Å². The molecule has 1 nitrogen and oxygen atoms in total. The van der Waals surface area contributed by atoms with E-state index >= 15 is 0 Å². The van der Waals surface area contributed by atoms with Crippen molar-refractivity contribution in [1.29, 1.82) is 0 Å². The van der Waals surface area contributed by atoms with E-state index in [0.29, 0.717) is 5.56 Å². The standard InChI is InChI=1S/C18H23ClF2O/c1-2-3-12-4-6-13(7-5-12)16(18(19)22)10-14-8-9-15(20)11-17(14)21/h8-9,11-13,16H,2-7,10H2,1H3. The van der Waals surface area contributed by atoms with Gasteiger partial charge in [-0.1, -0.05) is 38.7 Å². The number of benzene rings is 1. The number of hydrogen-bond acceptors (Lipinski definition) is 1. The molecule has 1 aromatic carbocycles. The zero-order valence-corrected chi connectivity index (χ0v) is 13.7. The van der Waals surface area contributed by atoms with Gasteiger partial charge in [0.1, 0.15) is 11.6 Å². The predicted octanol–water partition coefficient (Wildman–Crippen LogP) is 5.50. The second kappa shape index (κ2) is 8.05. The molecule has 1 aliphatic rings. The normalized spacial score (nSPS) is 23.3. The Balaban J connectivity index is 2.03. The first kappa shape index (κ1) is 17.4. The van der Waals surface area contributed by atoms with Crippen molar-refractivity contribution in [2.45, 2.75) is 51.9 Å². The van der Waals surface area contributed by atoms with E-state index in [-0.39, 0.29) is 18.3 Å². The van der Waals surface area contributed by atoms with Gasteiger partial charge in [0.05, 0.1) is 0 Å². The highest BCUT2D eigenvalue weighted by atomic mass is 35.5. The molecule has 1 atom stereocenters. The van der Waals surface area contributed by atoms with Gasteiger partial charge in [-0.05, 0) is 54.3 Å². The summed E-state index contributed by atoms with van der Waals surface area (Å²) >= 11 is 5.77. The van der Waals surface area contributed by atoms with Gasteiger partial charge < -0.3 is 0 Å². The second-order valence-electron chi connectivity index (χ2n) is 6.42. The molecule has 0 N–H and O–H groups in total. The fourth-order valence-corrected chi connectivity index (χ4v) is 3.90. The van der Waals surface area contributed by atoms with Gasteiger partial charge in [0.15, 0.2) is 0 Å². The van der Waals surface area contributed by atoms with Crippen LogP contribution in [0.2, 0.25) is 0 Å². The zero-order chi connectivity index (χ0) is 16.1. The SMILES string of the molecule is CCCC1CCC(C(Cc2ccc(F)cc2F)C(=O)Cl)CC1. The first-order chi connectivity index (χ1) is 10.5. The van der Waals surface area contributed by atoms with Crippen LogP contribution in [0.5, 0.6) is 0 Å². The van der Waals surface area contributed by atoms with Crippen LogP contribution in [0.1, 0.15) is 51.0 Å². The molecule has 0 heterocycles. The minimum absolute atomic E-state index is 0.211. The molecule has 0 spiro atoms. The number of halogens is 3. The Labute approximate surface area is 136 Å². The van der Waals surface area contributed by atoms with Crippen molar-refractivity contribution in [3.63, 3.8) is 0 Å². The highest BCUT2D eigenvalue weighted by Gasteiger charge is 2.31. The number of carbonyl (C=O) groups excluding carboxylic acids is 1. The molecule has 0 bridgehead atoms. The maximum absolute atomic E-state index is 13.8. The fraction of sp³-hybridized carbons (Fsp3) is 0.611. The summed E-state index contributed by atoms with van der Waals surface area (Å²) in [5.41, 5.74) is 0.371. The maximum Gasteiger partial charge on any atom is 0.225 e. The van der Waals surface area contributed by atoms with E-state index in [1.54, 1.807) is 0 Å². The number of rotatable bonds is 6. The summed E-state index contributed by atoms with van der Waals surface area (Å²) in [6.45, 7) is 2.19. The van der Waals surface area contributed by atoms with E-state index in [9.17, 15) is 13.6 Å². The Kier molecular flexibility index (Phi) is 6.37. The van der Waals surface area contributed by atoms with Crippen molar-refractivity contribution in [1.82, 2.24) is 0 Å². The third-order valence-electron chi connectivity index (χ3n) is 4.90. The molecule has 0 radical (unpaired) electrons. The van der Waals surface area contributed by atoms with Gasteiger partial charge in [-0.15, -0.1) is 0 Å². The highest BCUT2D eigenvalue weighted by molar-refractivity contribution is 6.64. The summed E-state index contributed by atoms with van der Waals surface area (Å²) in [7, 11) is 0. The zero-order valence-electron chi connectivity index (χ0n) is 13.0. The number of hydrogen-bond donors (Lipinski definition) is 0. The summed E-state index contributed by atoms with van der Waals surface area (Å²) < 4.78 is 26.8. The van der Waals surface area contributed by atoms with Crippen LogP contribution in [0.4, 0.5) is 8.78 Å². The Bertz CT molecular complexity index is 510. The van der Waals surface area contributed by atoms with E-state index in [4.69, 9.17) is 11.6 Å². The number of carbonyl (C=O) groups is 1. The van der Waals surface area contributed by atoms with E-state index in [1.807, 2.05) is 0 Å². The third kappa shape index (κ3) is 4.52. The molecule has 1 fully saturated rings. The van der Waals surface area contributed by atoms with Crippen molar-refractivity contribution >= 4 is 16.8 Å². The van der Waals surface area contributed by atoms with Gasteiger partial charge in [0.25, 0.3) is 0 Å². The Morgan fingerprint density at radius 3 is 2.50 bits per heavy atom. The molecule has 1 aromatic rings. The minimum atomic E-state index is -0.602. The highest BCUT2D eigenvalue weighted by Crippen LogP contribution is 2.37. The average Bonchev–Trinajstić information content (AvgIpc) is 2.47.